The van der Waals surface area contributed by atoms with Crippen LogP contribution in [0.1, 0.15) is 0 Å². The summed E-state index contributed by atoms with van der Waals surface area (Å²) >= 11 is 0. The van der Waals surface area contributed by atoms with Crippen LogP contribution in [0.25, 0.3) is 11.5 Å². The van der Waals surface area contributed by atoms with Gasteiger partial charge in [-0.05, 0) is 48.5 Å². The number of nitrogens with one attached hydrogen (secondary N) is 2. The van der Waals surface area contributed by atoms with Gasteiger partial charge in [0.05, 0.1) is 17.9 Å². The standard InChI is InChI=1S/C23H18FN5O2/c24-16-12-10-15(11-13-16)22-27-28-23(31-22)26-19-14-29(17-6-2-1-3-7-17)20-9-5-4-8-18(20)25-21(19)30/h1-13,19H,14H2,(H,25,30)(H,26,28)/t19-/m0/s1. The van der Waals surface area contributed by atoms with Crippen LogP contribution in [-0.2, 0) is 4.79 Å². The number of benzene rings is 3. The second kappa shape index (κ2) is 7.91. The zero-order valence-corrected chi connectivity index (χ0v) is 16.3. The molecule has 5 rings (SSSR count). The van der Waals surface area contributed by atoms with Crippen molar-refractivity contribution >= 4 is 29.0 Å². The molecule has 0 aliphatic carbocycles. The van der Waals surface area contributed by atoms with E-state index in [1.54, 1.807) is 12.1 Å². The fraction of sp³-hybridized carbons (Fsp3) is 0.0870. The van der Waals surface area contributed by atoms with Crippen LogP contribution in [0.5, 0.6) is 0 Å². The molecule has 31 heavy (non-hydrogen) atoms. The van der Waals surface area contributed by atoms with E-state index in [2.05, 4.69) is 25.7 Å². The van der Waals surface area contributed by atoms with Gasteiger partial charge in [-0.2, -0.15) is 0 Å². The minimum absolute atomic E-state index is 0.110. The Morgan fingerprint density at radius 3 is 2.52 bits per heavy atom. The van der Waals surface area contributed by atoms with Crippen LogP contribution in [0, 0.1) is 5.82 Å². The maximum atomic E-state index is 13.2. The number of fused-ring (bicyclic) bond motifs is 1. The van der Waals surface area contributed by atoms with Gasteiger partial charge < -0.3 is 20.0 Å². The lowest BCUT2D eigenvalue weighted by Gasteiger charge is -2.26. The summed E-state index contributed by atoms with van der Waals surface area (Å²) in [7, 11) is 0. The number of aromatic nitrogens is 2. The van der Waals surface area contributed by atoms with Crippen LogP contribution >= 0.6 is 0 Å². The number of carbonyl (C=O) groups is 1. The third-order valence-electron chi connectivity index (χ3n) is 5.02. The van der Waals surface area contributed by atoms with E-state index >= 15 is 0 Å². The van der Waals surface area contributed by atoms with Crippen molar-refractivity contribution < 1.29 is 13.6 Å². The molecule has 2 N–H and O–H groups in total. The Kier molecular flexibility index (Phi) is 4.80. The lowest BCUT2D eigenvalue weighted by atomic mass is 10.2. The molecule has 154 valence electrons. The minimum Gasteiger partial charge on any atom is -0.403 e. The summed E-state index contributed by atoms with van der Waals surface area (Å²) in [6.07, 6.45) is 0. The Balaban J connectivity index is 1.43. The first-order valence-corrected chi connectivity index (χ1v) is 9.76. The quantitative estimate of drug-likeness (QED) is 0.513. The highest BCUT2D eigenvalue weighted by Gasteiger charge is 2.30. The topological polar surface area (TPSA) is 83.3 Å². The van der Waals surface area contributed by atoms with Crippen LogP contribution in [0.2, 0.25) is 0 Å². The fourth-order valence-electron chi connectivity index (χ4n) is 3.50. The lowest BCUT2D eigenvalue weighted by molar-refractivity contribution is -0.116. The molecule has 0 fully saturated rings. The van der Waals surface area contributed by atoms with Gasteiger partial charge in [-0.15, -0.1) is 5.10 Å². The molecule has 0 saturated heterocycles. The first-order chi connectivity index (χ1) is 15.2. The van der Waals surface area contributed by atoms with E-state index < -0.39 is 6.04 Å². The molecule has 2 heterocycles. The van der Waals surface area contributed by atoms with E-state index in [1.165, 1.54) is 12.1 Å². The highest BCUT2D eigenvalue weighted by molar-refractivity contribution is 6.02. The van der Waals surface area contributed by atoms with Crippen molar-refractivity contribution in [3.05, 3.63) is 84.7 Å². The van der Waals surface area contributed by atoms with E-state index in [4.69, 9.17) is 4.42 Å². The predicted molar refractivity (Wildman–Crippen MR) is 116 cm³/mol. The summed E-state index contributed by atoms with van der Waals surface area (Å²) in [6.45, 7) is 0.348. The summed E-state index contributed by atoms with van der Waals surface area (Å²) in [5.74, 6) is -0.329. The molecule has 0 saturated carbocycles. The van der Waals surface area contributed by atoms with E-state index in [0.717, 1.165) is 17.1 Å². The van der Waals surface area contributed by atoms with Crippen molar-refractivity contribution in [2.75, 3.05) is 22.1 Å². The van der Waals surface area contributed by atoms with Crippen molar-refractivity contribution in [2.45, 2.75) is 6.04 Å². The van der Waals surface area contributed by atoms with Crippen molar-refractivity contribution in [2.24, 2.45) is 0 Å². The van der Waals surface area contributed by atoms with E-state index in [0.29, 0.717) is 12.1 Å². The third-order valence-corrected chi connectivity index (χ3v) is 5.02. The number of hydrogen-bond acceptors (Lipinski definition) is 6. The van der Waals surface area contributed by atoms with E-state index in [1.807, 2.05) is 54.6 Å². The Bertz CT molecular complexity index is 1210. The van der Waals surface area contributed by atoms with Crippen molar-refractivity contribution in [1.29, 1.82) is 0 Å². The number of para-hydroxylation sites is 3. The van der Waals surface area contributed by atoms with Crippen molar-refractivity contribution in [1.82, 2.24) is 10.2 Å². The molecule has 0 unspecified atom stereocenters. The van der Waals surface area contributed by atoms with Crippen LogP contribution in [0.3, 0.4) is 0 Å². The number of rotatable bonds is 4. The van der Waals surface area contributed by atoms with Gasteiger partial charge in [0, 0.05) is 11.3 Å². The summed E-state index contributed by atoms with van der Waals surface area (Å²) in [5, 5.41) is 14.0. The second-order valence-corrected chi connectivity index (χ2v) is 7.07. The van der Waals surface area contributed by atoms with Gasteiger partial charge in [-0.25, -0.2) is 4.39 Å². The number of hydrogen-bond donors (Lipinski definition) is 2. The SMILES string of the molecule is O=C1Nc2ccccc2N(c2ccccc2)C[C@@H]1Nc1nnc(-c2ccc(F)cc2)o1. The maximum Gasteiger partial charge on any atom is 0.316 e. The molecular formula is C23H18FN5O2. The molecule has 7 nitrogen and oxygen atoms in total. The van der Waals surface area contributed by atoms with Crippen molar-refractivity contribution in [3.8, 4) is 11.5 Å². The van der Waals surface area contributed by atoms with Gasteiger partial charge in [-0.3, -0.25) is 4.79 Å². The number of amides is 1. The largest absolute Gasteiger partial charge is 0.403 e. The molecule has 1 aliphatic rings. The molecule has 1 aromatic heterocycles. The Hall–Kier alpha value is -4.20. The zero-order valence-electron chi connectivity index (χ0n) is 16.3. The van der Waals surface area contributed by atoms with Gasteiger partial charge in [0.15, 0.2) is 0 Å². The molecule has 1 amide bonds. The molecule has 1 atom stereocenters. The lowest BCUT2D eigenvalue weighted by Crippen LogP contribution is -2.40. The van der Waals surface area contributed by atoms with Gasteiger partial charge in [0.2, 0.25) is 11.8 Å². The Labute approximate surface area is 177 Å². The highest BCUT2D eigenvalue weighted by Crippen LogP contribution is 2.34. The zero-order chi connectivity index (χ0) is 21.2. The molecule has 0 spiro atoms. The first-order valence-electron chi connectivity index (χ1n) is 9.76. The molecular weight excluding hydrogens is 397 g/mol. The van der Waals surface area contributed by atoms with Gasteiger partial charge in [0.25, 0.3) is 0 Å². The summed E-state index contributed by atoms with van der Waals surface area (Å²) in [6, 6.07) is 22.7. The second-order valence-electron chi connectivity index (χ2n) is 7.07. The fourth-order valence-corrected chi connectivity index (χ4v) is 3.50. The summed E-state index contributed by atoms with van der Waals surface area (Å²) in [5.41, 5.74) is 3.16. The number of nitrogens with zero attached hydrogens (tertiary/aromatic N) is 3. The Morgan fingerprint density at radius 1 is 0.968 bits per heavy atom. The van der Waals surface area contributed by atoms with Crippen LogP contribution in [0.4, 0.5) is 27.5 Å². The number of carbonyl (C=O) groups excluding carboxylic acids is 1. The average Bonchev–Trinajstić information content (AvgIpc) is 3.21. The average molecular weight is 415 g/mol. The van der Waals surface area contributed by atoms with Crippen molar-refractivity contribution in [3.63, 3.8) is 0 Å². The van der Waals surface area contributed by atoms with Gasteiger partial charge in [0.1, 0.15) is 11.9 Å². The van der Waals surface area contributed by atoms with Gasteiger partial charge in [-0.1, -0.05) is 35.4 Å². The van der Waals surface area contributed by atoms with Crippen LogP contribution < -0.4 is 15.5 Å². The first kappa shape index (κ1) is 18.8. The number of anilines is 4. The monoisotopic (exact) mass is 415 g/mol. The predicted octanol–water partition coefficient (Wildman–Crippen LogP) is 4.45. The Morgan fingerprint density at radius 2 is 1.71 bits per heavy atom. The summed E-state index contributed by atoms with van der Waals surface area (Å²) in [4.78, 5) is 15.0. The number of halogens is 1. The highest BCUT2D eigenvalue weighted by atomic mass is 19.1. The molecule has 0 bridgehead atoms. The molecule has 1 aliphatic heterocycles. The smallest absolute Gasteiger partial charge is 0.316 e. The minimum atomic E-state index is -0.658. The molecule has 4 aromatic rings. The van der Waals surface area contributed by atoms with E-state index in [-0.39, 0.29) is 23.6 Å². The normalized spacial score (nSPS) is 15.7. The molecule has 3 aromatic carbocycles. The molecule has 8 heteroatoms. The van der Waals surface area contributed by atoms with Crippen LogP contribution in [-0.4, -0.2) is 28.7 Å². The van der Waals surface area contributed by atoms with Crippen LogP contribution in [0.15, 0.2) is 83.3 Å². The maximum absolute atomic E-state index is 13.2. The van der Waals surface area contributed by atoms with E-state index in [9.17, 15) is 9.18 Å². The third kappa shape index (κ3) is 3.83. The molecule has 0 radical (unpaired) electrons. The van der Waals surface area contributed by atoms with Gasteiger partial charge >= 0.3 is 6.01 Å². The summed E-state index contributed by atoms with van der Waals surface area (Å²) < 4.78 is 18.8.